The van der Waals surface area contributed by atoms with Gasteiger partial charge in [-0.15, -0.1) is 0 Å². The van der Waals surface area contributed by atoms with Crippen molar-refractivity contribution < 1.29 is 9.53 Å². The van der Waals surface area contributed by atoms with Crippen molar-refractivity contribution in [2.45, 2.75) is 46.5 Å². The van der Waals surface area contributed by atoms with Crippen molar-refractivity contribution in [3.8, 4) is 5.75 Å². The van der Waals surface area contributed by atoms with Crippen molar-refractivity contribution in [2.75, 3.05) is 13.7 Å². The van der Waals surface area contributed by atoms with Crippen LogP contribution < -0.4 is 10.1 Å². The molecule has 3 atom stereocenters. The fraction of sp³-hybridized carbons (Fsp3) is 0.650. The zero-order chi connectivity index (χ0) is 17.7. The molecule has 0 aliphatic heterocycles. The zero-order valence-electron chi connectivity index (χ0n) is 15.3. The van der Waals surface area contributed by atoms with Crippen LogP contribution in [0.5, 0.6) is 5.75 Å². The lowest BCUT2D eigenvalue weighted by atomic mass is 9.70. The quantitative estimate of drug-likeness (QED) is 0.748. The molecule has 134 valence electrons. The summed E-state index contributed by atoms with van der Waals surface area (Å²) in [6, 6.07) is 6.07. The Balaban J connectivity index is 1.88. The first-order chi connectivity index (χ1) is 11.4. The highest BCUT2D eigenvalue weighted by atomic mass is 79.9. The van der Waals surface area contributed by atoms with Crippen LogP contribution in [-0.2, 0) is 11.2 Å². The summed E-state index contributed by atoms with van der Waals surface area (Å²) >= 11 is 3.51. The molecule has 24 heavy (non-hydrogen) atoms. The van der Waals surface area contributed by atoms with E-state index < -0.39 is 0 Å². The van der Waals surface area contributed by atoms with Crippen molar-refractivity contribution >= 4 is 21.8 Å². The number of hydrogen-bond acceptors (Lipinski definition) is 2. The molecule has 0 radical (unpaired) electrons. The third-order valence-corrected chi connectivity index (χ3v) is 5.91. The molecule has 0 aromatic heterocycles. The Morgan fingerprint density at radius 1 is 1.38 bits per heavy atom. The lowest BCUT2D eigenvalue weighted by molar-refractivity contribution is -0.129. The number of nitrogens with one attached hydrogen (secondary N) is 1. The Kier molecular flexibility index (Phi) is 7.15. The first kappa shape index (κ1) is 19.3. The molecule has 1 aromatic rings. The van der Waals surface area contributed by atoms with Crippen LogP contribution in [0.1, 0.15) is 45.6 Å². The molecular formula is C20H30BrNO2. The lowest BCUT2D eigenvalue weighted by Gasteiger charge is -2.36. The van der Waals surface area contributed by atoms with Gasteiger partial charge < -0.3 is 10.1 Å². The number of methoxy groups -OCH3 is 1. The minimum absolute atomic E-state index is 0.177. The fourth-order valence-corrected chi connectivity index (χ4v) is 4.42. The number of carbonyl (C=O) groups is 1. The molecule has 1 aliphatic rings. The summed E-state index contributed by atoms with van der Waals surface area (Å²) in [5, 5.41) is 3.17. The summed E-state index contributed by atoms with van der Waals surface area (Å²) in [6.07, 6.45) is 4.31. The third kappa shape index (κ3) is 4.98. The first-order valence-electron chi connectivity index (χ1n) is 9.02. The molecule has 2 rings (SSSR count). The highest BCUT2D eigenvalue weighted by molar-refractivity contribution is 9.10. The van der Waals surface area contributed by atoms with Crippen molar-refractivity contribution in [1.82, 2.24) is 5.32 Å². The molecule has 3 nitrogen and oxygen atoms in total. The predicted molar refractivity (Wildman–Crippen MR) is 102 cm³/mol. The minimum Gasteiger partial charge on any atom is -0.496 e. The summed E-state index contributed by atoms with van der Waals surface area (Å²) < 4.78 is 6.20. The summed E-state index contributed by atoms with van der Waals surface area (Å²) in [5.41, 5.74) is 1.19. The largest absolute Gasteiger partial charge is 0.496 e. The van der Waals surface area contributed by atoms with E-state index in [4.69, 9.17) is 4.74 Å². The Hall–Kier alpha value is -1.03. The average Bonchev–Trinajstić information content (AvgIpc) is 2.54. The number of ether oxygens (including phenoxy) is 1. The van der Waals surface area contributed by atoms with Crippen LogP contribution in [0.3, 0.4) is 0 Å². The van der Waals surface area contributed by atoms with Crippen LogP contribution in [0.25, 0.3) is 0 Å². The second-order valence-electron chi connectivity index (χ2n) is 7.44. The number of halogens is 1. The van der Waals surface area contributed by atoms with Crippen molar-refractivity contribution in [2.24, 2.45) is 23.7 Å². The lowest BCUT2D eigenvalue weighted by Crippen LogP contribution is -2.40. The van der Waals surface area contributed by atoms with Gasteiger partial charge in [0.25, 0.3) is 0 Å². The topological polar surface area (TPSA) is 38.3 Å². The predicted octanol–water partition coefficient (Wildman–Crippen LogP) is 4.82. The van der Waals surface area contributed by atoms with E-state index in [0.29, 0.717) is 24.3 Å². The molecule has 0 unspecified atom stereocenters. The molecule has 1 N–H and O–H groups in total. The van der Waals surface area contributed by atoms with Crippen LogP contribution in [0.15, 0.2) is 22.7 Å². The first-order valence-corrected chi connectivity index (χ1v) is 9.81. The van der Waals surface area contributed by atoms with Gasteiger partial charge in [-0.1, -0.05) is 33.3 Å². The highest BCUT2D eigenvalue weighted by Crippen LogP contribution is 2.38. The van der Waals surface area contributed by atoms with Crippen LogP contribution in [0, 0.1) is 23.7 Å². The Bertz CT molecular complexity index is 559. The summed E-state index contributed by atoms with van der Waals surface area (Å²) in [4.78, 5) is 12.7. The van der Waals surface area contributed by atoms with Gasteiger partial charge in [0.05, 0.1) is 11.6 Å². The number of carbonyl (C=O) groups excluding carboxylic acids is 1. The van der Waals surface area contributed by atoms with E-state index in [2.05, 4.69) is 54.2 Å². The van der Waals surface area contributed by atoms with Gasteiger partial charge in [0, 0.05) is 12.5 Å². The number of rotatable bonds is 6. The summed E-state index contributed by atoms with van der Waals surface area (Å²) in [6.45, 7) is 7.45. The van der Waals surface area contributed by atoms with Crippen LogP contribution >= 0.6 is 15.9 Å². The van der Waals surface area contributed by atoms with Crippen molar-refractivity contribution in [1.29, 1.82) is 0 Å². The molecule has 0 bridgehead atoms. The summed E-state index contributed by atoms with van der Waals surface area (Å²) in [7, 11) is 1.66. The van der Waals surface area contributed by atoms with Crippen LogP contribution in [0.2, 0.25) is 0 Å². The zero-order valence-corrected chi connectivity index (χ0v) is 16.9. The number of amides is 1. The highest BCUT2D eigenvalue weighted by Gasteiger charge is 2.35. The van der Waals surface area contributed by atoms with Gasteiger partial charge in [-0.05, 0) is 70.6 Å². The second-order valence-corrected chi connectivity index (χ2v) is 8.30. The smallest absolute Gasteiger partial charge is 0.223 e. The van der Waals surface area contributed by atoms with Gasteiger partial charge in [-0.2, -0.15) is 0 Å². The van der Waals surface area contributed by atoms with E-state index in [0.717, 1.165) is 23.1 Å². The Labute approximate surface area is 154 Å². The molecule has 1 aromatic carbocycles. The molecule has 0 spiro atoms. The van der Waals surface area contributed by atoms with Crippen LogP contribution in [0.4, 0.5) is 0 Å². The van der Waals surface area contributed by atoms with Gasteiger partial charge in [0.1, 0.15) is 5.75 Å². The van der Waals surface area contributed by atoms with E-state index >= 15 is 0 Å². The fourth-order valence-electron chi connectivity index (χ4n) is 3.83. The Morgan fingerprint density at radius 3 is 2.75 bits per heavy atom. The second kappa shape index (κ2) is 8.89. The molecule has 0 saturated heterocycles. The SMILES string of the molecule is COc1ccc(CCNC(=O)[C@@H]2C[C@H](C)CC[C@H]2C(C)C)cc1Br. The van der Waals surface area contributed by atoms with Gasteiger partial charge in [-0.25, -0.2) is 0 Å². The van der Waals surface area contributed by atoms with Gasteiger partial charge >= 0.3 is 0 Å². The molecule has 0 heterocycles. The van der Waals surface area contributed by atoms with Gasteiger partial charge in [0.2, 0.25) is 5.91 Å². The monoisotopic (exact) mass is 395 g/mol. The van der Waals surface area contributed by atoms with E-state index in [-0.39, 0.29) is 11.8 Å². The van der Waals surface area contributed by atoms with Crippen molar-refractivity contribution in [3.05, 3.63) is 28.2 Å². The molecule has 1 aliphatic carbocycles. The van der Waals surface area contributed by atoms with Gasteiger partial charge in [-0.3, -0.25) is 4.79 Å². The molecule has 1 amide bonds. The van der Waals surface area contributed by atoms with E-state index in [9.17, 15) is 4.79 Å². The van der Waals surface area contributed by atoms with Gasteiger partial charge in [0.15, 0.2) is 0 Å². The maximum atomic E-state index is 12.7. The number of hydrogen-bond donors (Lipinski definition) is 1. The van der Waals surface area contributed by atoms with E-state index in [1.807, 2.05) is 6.07 Å². The average molecular weight is 396 g/mol. The standard InChI is InChI=1S/C20H30BrNO2/c1-13(2)16-7-5-14(3)11-17(16)20(23)22-10-9-15-6-8-19(24-4)18(21)12-15/h6,8,12-14,16-17H,5,7,9-11H2,1-4H3,(H,22,23)/t14-,16+,17-/m1/s1. The van der Waals surface area contributed by atoms with Crippen molar-refractivity contribution in [3.63, 3.8) is 0 Å². The van der Waals surface area contributed by atoms with E-state index in [1.54, 1.807) is 7.11 Å². The molecular weight excluding hydrogens is 366 g/mol. The summed E-state index contributed by atoms with van der Waals surface area (Å²) in [5.74, 6) is 3.01. The maximum absolute atomic E-state index is 12.7. The molecule has 1 fully saturated rings. The van der Waals surface area contributed by atoms with E-state index in [1.165, 1.54) is 18.4 Å². The normalized spacial score (nSPS) is 24.0. The molecule has 1 saturated carbocycles. The maximum Gasteiger partial charge on any atom is 0.223 e. The third-order valence-electron chi connectivity index (χ3n) is 5.29. The minimum atomic E-state index is 0.177. The van der Waals surface area contributed by atoms with Crippen LogP contribution in [-0.4, -0.2) is 19.6 Å². The Morgan fingerprint density at radius 2 is 2.12 bits per heavy atom. The molecule has 4 heteroatoms. The number of benzene rings is 1.